The summed E-state index contributed by atoms with van der Waals surface area (Å²) in [7, 11) is 0. The summed E-state index contributed by atoms with van der Waals surface area (Å²) in [5.74, 6) is 0.341. The van der Waals surface area contributed by atoms with E-state index in [-0.39, 0.29) is 11.1 Å². The predicted molar refractivity (Wildman–Crippen MR) is 73.4 cm³/mol. The quantitative estimate of drug-likeness (QED) is 0.842. The summed E-state index contributed by atoms with van der Waals surface area (Å²) in [6.07, 6.45) is 3.68. The number of halogens is 2. The number of nitrogens with zero attached hydrogens (tertiary/aromatic N) is 1. The standard InChI is InChI=1S/C12H16BrClN2O/c1-3-8(4-2)6-16-12(17)10-5-9(13)7-15-11(10)14/h5,7-8H,3-4,6H2,1-2H3,(H,16,17). The maximum atomic E-state index is 11.9. The van der Waals surface area contributed by atoms with Crippen molar-refractivity contribution in [2.24, 2.45) is 5.92 Å². The van der Waals surface area contributed by atoms with Gasteiger partial charge >= 0.3 is 0 Å². The van der Waals surface area contributed by atoms with Gasteiger partial charge in [-0.1, -0.05) is 38.3 Å². The second-order valence-corrected chi connectivity index (χ2v) is 5.16. The van der Waals surface area contributed by atoms with E-state index in [0.29, 0.717) is 18.0 Å². The van der Waals surface area contributed by atoms with Crippen LogP contribution in [-0.4, -0.2) is 17.4 Å². The molecule has 0 saturated carbocycles. The van der Waals surface area contributed by atoms with Crippen LogP contribution in [-0.2, 0) is 0 Å². The second kappa shape index (κ2) is 6.97. The molecule has 1 aromatic rings. The number of pyridine rings is 1. The molecular formula is C12H16BrClN2O. The molecule has 0 saturated heterocycles. The molecule has 1 N–H and O–H groups in total. The van der Waals surface area contributed by atoms with E-state index in [0.717, 1.165) is 17.3 Å². The number of hydrogen-bond acceptors (Lipinski definition) is 2. The largest absolute Gasteiger partial charge is 0.352 e. The third kappa shape index (κ3) is 4.28. The molecule has 0 unspecified atom stereocenters. The first kappa shape index (κ1) is 14.5. The van der Waals surface area contributed by atoms with Gasteiger partial charge in [-0.25, -0.2) is 4.98 Å². The molecule has 0 bridgehead atoms. The van der Waals surface area contributed by atoms with E-state index in [2.05, 4.69) is 40.1 Å². The van der Waals surface area contributed by atoms with Crippen molar-refractivity contribution < 1.29 is 4.79 Å². The maximum Gasteiger partial charge on any atom is 0.254 e. The molecule has 1 aromatic heterocycles. The van der Waals surface area contributed by atoms with Crippen LogP contribution in [0.5, 0.6) is 0 Å². The van der Waals surface area contributed by atoms with Gasteiger partial charge in [0.25, 0.3) is 5.91 Å². The van der Waals surface area contributed by atoms with Crippen LogP contribution >= 0.6 is 27.5 Å². The number of aromatic nitrogens is 1. The molecule has 3 nitrogen and oxygen atoms in total. The molecule has 0 spiro atoms. The lowest BCUT2D eigenvalue weighted by molar-refractivity contribution is 0.0946. The molecule has 0 aromatic carbocycles. The summed E-state index contributed by atoms with van der Waals surface area (Å²) < 4.78 is 0.745. The van der Waals surface area contributed by atoms with E-state index in [1.807, 2.05) is 0 Å². The van der Waals surface area contributed by atoms with E-state index in [1.54, 1.807) is 12.3 Å². The molecule has 0 radical (unpaired) electrons. The SMILES string of the molecule is CCC(CC)CNC(=O)c1cc(Br)cnc1Cl. The summed E-state index contributed by atoms with van der Waals surface area (Å²) >= 11 is 9.15. The molecule has 1 heterocycles. The van der Waals surface area contributed by atoms with Crippen LogP contribution in [0.2, 0.25) is 5.15 Å². The van der Waals surface area contributed by atoms with Gasteiger partial charge in [-0.2, -0.15) is 0 Å². The first-order valence-corrected chi connectivity index (χ1v) is 6.84. The van der Waals surface area contributed by atoms with Gasteiger partial charge < -0.3 is 5.32 Å². The zero-order valence-electron chi connectivity index (χ0n) is 9.96. The Hall–Kier alpha value is -0.610. The summed E-state index contributed by atoms with van der Waals surface area (Å²) in [4.78, 5) is 15.8. The lowest BCUT2D eigenvalue weighted by atomic mass is 10.0. The Bertz CT molecular complexity index is 394. The second-order valence-electron chi connectivity index (χ2n) is 3.88. The van der Waals surface area contributed by atoms with Crippen LogP contribution < -0.4 is 5.32 Å². The van der Waals surface area contributed by atoms with Crippen LogP contribution in [0.15, 0.2) is 16.7 Å². The predicted octanol–water partition coefficient (Wildman–Crippen LogP) is 3.66. The number of rotatable bonds is 5. The molecule has 94 valence electrons. The lowest BCUT2D eigenvalue weighted by Gasteiger charge is -2.13. The van der Waals surface area contributed by atoms with Crippen molar-refractivity contribution in [1.29, 1.82) is 0 Å². The van der Waals surface area contributed by atoms with Crippen molar-refractivity contribution in [2.75, 3.05) is 6.54 Å². The fourth-order valence-corrected chi connectivity index (χ4v) is 2.01. The average Bonchev–Trinajstić information content (AvgIpc) is 2.33. The average molecular weight is 320 g/mol. The van der Waals surface area contributed by atoms with Crippen molar-refractivity contribution >= 4 is 33.4 Å². The fourth-order valence-electron chi connectivity index (χ4n) is 1.49. The van der Waals surface area contributed by atoms with Crippen LogP contribution in [0.25, 0.3) is 0 Å². The third-order valence-corrected chi connectivity index (χ3v) is 3.49. The molecule has 0 aliphatic heterocycles. The highest BCUT2D eigenvalue weighted by Crippen LogP contribution is 2.18. The van der Waals surface area contributed by atoms with Crippen molar-refractivity contribution in [3.63, 3.8) is 0 Å². The first-order chi connectivity index (χ1) is 8.08. The van der Waals surface area contributed by atoms with Gasteiger partial charge in [0.05, 0.1) is 5.56 Å². The smallest absolute Gasteiger partial charge is 0.254 e. The van der Waals surface area contributed by atoms with Gasteiger partial charge in [0.2, 0.25) is 0 Å². The van der Waals surface area contributed by atoms with Gasteiger partial charge in [0.15, 0.2) is 0 Å². The monoisotopic (exact) mass is 318 g/mol. The molecule has 5 heteroatoms. The first-order valence-electron chi connectivity index (χ1n) is 5.67. The van der Waals surface area contributed by atoms with E-state index in [1.165, 1.54) is 0 Å². The molecule has 1 amide bonds. The Balaban J connectivity index is 2.66. The van der Waals surface area contributed by atoms with E-state index < -0.39 is 0 Å². The number of amides is 1. The summed E-state index contributed by atoms with van der Waals surface area (Å²) in [6, 6.07) is 1.68. The number of carbonyl (C=O) groups excluding carboxylic acids is 1. The highest BCUT2D eigenvalue weighted by molar-refractivity contribution is 9.10. The van der Waals surface area contributed by atoms with Gasteiger partial charge in [-0.3, -0.25) is 4.79 Å². The summed E-state index contributed by atoms with van der Waals surface area (Å²) in [5.41, 5.74) is 0.409. The Morgan fingerprint density at radius 1 is 1.53 bits per heavy atom. The van der Waals surface area contributed by atoms with Crippen molar-refractivity contribution in [3.8, 4) is 0 Å². The minimum Gasteiger partial charge on any atom is -0.352 e. The molecule has 0 fully saturated rings. The zero-order valence-corrected chi connectivity index (χ0v) is 12.3. The summed E-state index contributed by atoms with van der Waals surface area (Å²) in [6.45, 7) is 4.91. The minimum absolute atomic E-state index is 0.171. The molecule has 1 rings (SSSR count). The molecule has 0 atom stereocenters. The molecule has 0 aliphatic rings. The Labute approximate surface area is 115 Å². The van der Waals surface area contributed by atoms with Gasteiger partial charge in [0.1, 0.15) is 5.15 Å². The van der Waals surface area contributed by atoms with Gasteiger partial charge in [-0.05, 0) is 27.9 Å². The van der Waals surface area contributed by atoms with E-state index in [9.17, 15) is 4.79 Å². The normalized spacial score (nSPS) is 10.6. The minimum atomic E-state index is -0.171. The van der Waals surface area contributed by atoms with Crippen LogP contribution in [0, 0.1) is 5.92 Å². The maximum absolute atomic E-state index is 11.9. The zero-order chi connectivity index (χ0) is 12.8. The molecule has 0 aliphatic carbocycles. The number of carbonyl (C=O) groups is 1. The van der Waals surface area contributed by atoms with E-state index >= 15 is 0 Å². The van der Waals surface area contributed by atoms with Crippen LogP contribution in [0.4, 0.5) is 0 Å². The lowest BCUT2D eigenvalue weighted by Crippen LogP contribution is -2.29. The Morgan fingerprint density at radius 3 is 2.76 bits per heavy atom. The topological polar surface area (TPSA) is 42.0 Å². The Morgan fingerprint density at radius 2 is 2.18 bits per heavy atom. The van der Waals surface area contributed by atoms with E-state index in [4.69, 9.17) is 11.6 Å². The van der Waals surface area contributed by atoms with Crippen molar-refractivity contribution in [1.82, 2.24) is 10.3 Å². The van der Waals surface area contributed by atoms with Gasteiger partial charge in [0, 0.05) is 17.2 Å². The Kier molecular flexibility index (Phi) is 5.92. The van der Waals surface area contributed by atoms with Crippen LogP contribution in [0.1, 0.15) is 37.0 Å². The number of nitrogens with one attached hydrogen (secondary N) is 1. The highest BCUT2D eigenvalue weighted by Gasteiger charge is 2.13. The fraction of sp³-hybridized carbons (Fsp3) is 0.500. The van der Waals surface area contributed by atoms with Gasteiger partial charge in [-0.15, -0.1) is 0 Å². The third-order valence-electron chi connectivity index (χ3n) is 2.76. The van der Waals surface area contributed by atoms with Crippen molar-refractivity contribution in [2.45, 2.75) is 26.7 Å². The molecular weight excluding hydrogens is 304 g/mol. The highest BCUT2D eigenvalue weighted by atomic mass is 79.9. The van der Waals surface area contributed by atoms with Crippen molar-refractivity contribution in [3.05, 3.63) is 27.5 Å². The molecule has 17 heavy (non-hydrogen) atoms. The summed E-state index contributed by atoms with van der Waals surface area (Å²) in [5, 5.41) is 3.12. The van der Waals surface area contributed by atoms with Crippen LogP contribution in [0.3, 0.4) is 0 Å². The number of hydrogen-bond donors (Lipinski definition) is 1.